The molecule has 23 heavy (non-hydrogen) atoms. The highest BCUT2D eigenvalue weighted by atomic mass is 15.0. The van der Waals surface area contributed by atoms with Crippen molar-refractivity contribution in [2.24, 2.45) is 0 Å². The standard InChI is InChI=1S/C21H40N2/c1-9-12-13-15-21(7,8)18-17(20(5,6)11-3)22-19(23-18)16(4)14-10-2/h16H,9-15H2,1-8H3,(H,22,23). The number of hydrogen-bond donors (Lipinski definition) is 1. The van der Waals surface area contributed by atoms with Gasteiger partial charge in [0.05, 0.1) is 5.69 Å². The Labute approximate surface area is 144 Å². The first-order chi connectivity index (χ1) is 10.7. The normalized spacial score (nSPS) is 14.3. The van der Waals surface area contributed by atoms with Crippen molar-refractivity contribution in [1.82, 2.24) is 9.97 Å². The summed E-state index contributed by atoms with van der Waals surface area (Å²) in [6.07, 6.45) is 8.68. The van der Waals surface area contributed by atoms with Crippen molar-refractivity contribution < 1.29 is 0 Å². The lowest BCUT2D eigenvalue weighted by Crippen LogP contribution is -2.26. The van der Waals surface area contributed by atoms with Gasteiger partial charge in [-0.3, -0.25) is 0 Å². The summed E-state index contributed by atoms with van der Waals surface area (Å²) in [6.45, 7) is 18.6. The molecule has 0 radical (unpaired) electrons. The van der Waals surface area contributed by atoms with E-state index in [1.54, 1.807) is 0 Å². The highest BCUT2D eigenvalue weighted by Crippen LogP contribution is 2.38. The van der Waals surface area contributed by atoms with Gasteiger partial charge in [0.15, 0.2) is 0 Å². The summed E-state index contributed by atoms with van der Waals surface area (Å²) in [5.41, 5.74) is 3.00. The smallest absolute Gasteiger partial charge is 0.109 e. The first kappa shape index (κ1) is 20.3. The minimum Gasteiger partial charge on any atom is -0.345 e. The molecule has 1 N–H and O–H groups in total. The summed E-state index contributed by atoms with van der Waals surface area (Å²) in [5, 5.41) is 0. The number of hydrogen-bond acceptors (Lipinski definition) is 1. The fourth-order valence-corrected chi connectivity index (χ4v) is 3.28. The molecule has 0 bridgehead atoms. The number of nitrogens with one attached hydrogen (secondary N) is 1. The molecule has 0 saturated heterocycles. The van der Waals surface area contributed by atoms with Crippen LogP contribution in [0.1, 0.15) is 123 Å². The SMILES string of the molecule is CCCCCC(C)(C)c1[nH]c(C(C)CCC)nc1C(C)(C)CC. The number of imidazole rings is 1. The lowest BCUT2D eigenvalue weighted by molar-refractivity contribution is 0.413. The average Bonchev–Trinajstić information content (AvgIpc) is 2.94. The maximum absolute atomic E-state index is 5.11. The number of aromatic amines is 1. The van der Waals surface area contributed by atoms with Gasteiger partial charge in [-0.2, -0.15) is 0 Å². The predicted octanol–water partition coefficient (Wildman–Crippen LogP) is 6.86. The summed E-state index contributed by atoms with van der Waals surface area (Å²) >= 11 is 0. The van der Waals surface area contributed by atoms with Crippen molar-refractivity contribution in [1.29, 1.82) is 0 Å². The fraction of sp³-hybridized carbons (Fsp3) is 0.857. The predicted molar refractivity (Wildman–Crippen MR) is 102 cm³/mol. The quantitative estimate of drug-likeness (QED) is 0.469. The molecule has 1 heterocycles. The van der Waals surface area contributed by atoms with Crippen LogP contribution in [0.15, 0.2) is 0 Å². The molecule has 1 aromatic rings. The second-order valence-electron chi connectivity index (χ2n) is 8.61. The van der Waals surface area contributed by atoms with Gasteiger partial charge in [0.25, 0.3) is 0 Å². The van der Waals surface area contributed by atoms with E-state index in [0.717, 1.165) is 6.42 Å². The van der Waals surface area contributed by atoms with Crippen LogP contribution < -0.4 is 0 Å². The van der Waals surface area contributed by atoms with Crippen LogP contribution >= 0.6 is 0 Å². The molecule has 2 nitrogen and oxygen atoms in total. The van der Waals surface area contributed by atoms with Crippen molar-refractivity contribution in [3.05, 3.63) is 17.2 Å². The molecular weight excluding hydrogens is 280 g/mol. The van der Waals surface area contributed by atoms with Crippen LogP contribution in [0.25, 0.3) is 0 Å². The molecule has 0 fully saturated rings. The number of rotatable bonds is 10. The van der Waals surface area contributed by atoms with E-state index < -0.39 is 0 Å². The number of aromatic nitrogens is 2. The average molecular weight is 321 g/mol. The Morgan fingerprint density at radius 2 is 1.61 bits per heavy atom. The molecule has 2 heteroatoms. The van der Waals surface area contributed by atoms with Crippen molar-refractivity contribution in [2.45, 2.75) is 117 Å². The molecule has 0 aliphatic carbocycles. The zero-order valence-corrected chi connectivity index (χ0v) is 17.0. The van der Waals surface area contributed by atoms with Gasteiger partial charge >= 0.3 is 0 Å². The Morgan fingerprint density at radius 1 is 0.957 bits per heavy atom. The van der Waals surface area contributed by atoms with E-state index in [9.17, 15) is 0 Å². The molecule has 0 amide bonds. The lowest BCUT2D eigenvalue weighted by Gasteiger charge is -2.30. The summed E-state index contributed by atoms with van der Waals surface area (Å²) in [4.78, 5) is 8.87. The maximum Gasteiger partial charge on any atom is 0.109 e. The third-order valence-corrected chi connectivity index (χ3v) is 5.52. The molecule has 0 spiro atoms. The number of nitrogens with zero attached hydrogens (tertiary/aromatic N) is 1. The Balaban J connectivity index is 3.21. The largest absolute Gasteiger partial charge is 0.345 e. The first-order valence-electron chi connectivity index (χ1n) is 9.80. The Hall–Kier alpha value is -0.790. The molecule has 1 unspecified atom stereocenters. The van der Waals surface area contributed by atoms with Crippen LogP contribution in [0.5, 0.6) is 0 Å². The molecule has 134 valence electrons. The van der Waals surface area contributed by atoms with E-state index in [-0.39, 0.29) is 10.8 Å². The molecule has 0 aliphatic heterocycles. The molecule has 1 aromatic heterocycles. The minimum absolute atomic E-state index is 0.137. The van der Waals surface area contributed by atoms with E-state index in [4.69, 9.17) is 4.98 Å². The fourth-order valence-electron chi connectivity index (χ4n) is 3.28. The summed E-state index contributed by atoms with van der Waals surface area (Å²) in [5.74, 6) is 1.72. The number of H-pyrrole nitrogens is 1. The van der Waals surface area contributed by atoms with Gasteiger partial charge in [-0.25, -0.2) is 4.98 Å². The van der Waals surface area contributed by atoms with E-state index in [0.29, 0.717) is 5.92 Å². The van der Waals surface area contributed by atoms with E-state index >= 15 is 0 Å². The van der Waals surface area contributed by atoms with Crippen LogP contribution in [0.3, 0.4) is 0 Å². The van der Waals surface area contributed by atoms with E-state index in [1.165, 1.54) is 55.7 Å². The zero-order valence-electron chi connectivity index (χ0n) is 17.0. The third-order valence-electron chi connectivity index (χ3n) is 5.52. The molecule has 0 aliphatic rings. The van der Waals surface area contributed by atoms with Crippen molar-refractivity contribution in [3.63, 3.8) is 0 Å². The lowest BCUT2D eigenvalue weighted by atomic mass is 9.76. The van der Waals surface area contributed by atoms with E-state index in [1.807, 2.05) is 0 Å². The number of unbranched alkanes of at least 4 members (excludes halogenated alkanes) is 2. The zero-order chi connectivity index (χ0) is 17.7. The van der Waals surface area contributed by atoms with Gasteiger partial charge < -0.3 is 4.98 Å². The minimum atomic E-state index is 0.137. The monoisotopic (exact) mass is 320 g/mol. The molecular formula is C21H40N2. The maximum atomic E-state index is 5.11. The van der Waals surface area contributed by atoms with Gasteiger partial charge in [-0.15, -0.1) is 0 Å². The molecule has 1 rings (SSSR count). The van der Waals surface area contributed by atoms with Crippen LogP contribution in [-0.2, 0) is 10.8 Å². The van der Waals surface area contributed by atoms with Gasteiger partial charge in [0.2, 0.25) is 0 Å². The second kappa shape index (κ2) is 8.35. The Kier molecular flexibility index (Phi) is 7.35. The highest BCUT2D eigenvalue weighted by Gasteiger charge is 2.34. The van der Waals surface area contributed by atoms with Gasteiger partial charge in [0, 0.05) is 22.4 Å². The van der Waals surface area contributed by atoms with Gasteiger partial charge in [0.1, 0.15) is 5.82 Å². The third kappa shape index (κ3) is 5.09. The van der Waals surface area contributed by atoms with Crippen LogP contribution in [0, 0.1) is 0 Å². The van der Waals surface area contributed by atoms with Gasteiger partial charge in [-0.05, 0) is 19.3 Å². The Bertz CT molecular complexity index is 468. The molecule has 0 aromatic carbocycles. The van der Waals surface area contributed by atoms with Crippen LogP contribution in [0.4, 0.5) is 0 Å². The first-order valence-corrected chi connectivity index (χ1v) is 9.80. The van der Waals surface area contributed by atoms with Crippen molar-refractivity contribution in [2.75, 3.05) is 0 Å². The summed E-state index contributed by atoms with van der Waals surface area (Å²) < 4.78 is 0. The second-order valence-corrected chi connectivity index (χ2v) is 8.61. The summed E-state index contributed by atoms with van der Waals surface area (Å²) in [6, 6.07) is 0. The summed E-state index contributed by atoms with van der Waals surface area (Å²) in [7, 11) is 0. The molecule has 1 atom stereocenters. The van der Waals surface area contributed by atoms with Crippen molar-refractivity contribution >= 4 is 0 Å². The highest BCUT2D eigenvalue weighted by molar-refractivity contribution is 5.30. The van der Waals surface area contributed by atoms with Gasteiger partial charge in [-0.1, -0.05) is 81.1 Å². The molecule has 0 saturated carbocycles. The van der Waals surface area contributed by atoms with Crippen LogP contribution in [0.2, 0.25) is 0 Å². The Morgan fingerprint density at radius 3 is 2.13 bits per heavy atom. The van der Waals surface area contributed by atoms with Crippen molar-refractivity contribution in [3.8, 4) is 0 Å². The topological polar surface area (TPSA) is 28.7 Å². The van der Waals surface area contributed by atoms with E-state index in [2.05, 4.69) is 60.4 Å². The van der Waals surface area contributed by atoms with Crippen LogP contribution in [-0.4, -0.2) is 9.97 Å².